The first kappa shape index (κ1) is 21.7. The van der Waals surface area contributed by atoms with Crippen molar-refractivity contribution in [2.45, 2.75) is 41.6 Å². The van der Waals surface area contributed by atoms with Crippen LogP contribution in [0.1, 0.15) is 39.5 Å². The molecule has 0 aromatic carbocycles. The van der Waals surface area contributed by atoms with Crippen LogP contribution >= 0.6 is 17.4 Å². The summed E-state index contributed by atoms with van der Waals surface area (Å²) >= 11 is 1.40. The van der Waals surface area contributed by atoms with E-state index in [9.17, 15) is 0 Å². The fourth-order valence-corrected chi connectivity index (χ4v) is 2.52. The van der Waals surface area contributed by atoms with Crippen LogP contribution in [0, 0.1) is 44.7 Å². The second kappa shape index (κ2) is 24.6. The van der Waals surface area contributed by atoms with Gasteiger partial charge in [-0.05, 0) is 0 Å². The van der Waals surface area contributed by atoms with E-state index in [-0.39, 0.29) is 0 Å². The molecule has 0 aliphatic carbocycles. The normalized spacial score (nSPS) is 11.1. The van der Waals surface area contributed by atoms with E-state index in [1.54, 1.807) is 0 Å². The molecule has 0 spiro atoms. The molecule has 0 aliphatic heterocycles. The Kier molecular flexibility index (Phi) is 35.7. The molecule has 4 nitrogen and oxygen atoms in total. The van der Waals surface area contributed by atoms with E-state index < -0.39 is 17.4 Å². The Morgan fingerprint density at radius 2 is 1.60 bits per heavy atom. The van der Waals surface area contributed by atoms with Crippen LogP contribution in [0.4, 0.5) is 0 Å². The van der Waals surface area contributed by atoms with Gasteiger partial charge in [0.2, 0.25) is 0 Å². The molecule has 1 unspecified atom stereocenters. The van der Waals surface area contributed by atoms with E-state index in [2.05, 4.69) is 13.8 Å². The summed E-state index contributed by atoms with van der Waals surface area (Å²) in [6.07, 6.45) is 5.71. The van der Waals surface area contributed by atoms with Crippen molar-refractivity contribution in [3.63, 3.8) is 0 Å². The second-order valence-corrected chi connectivity index (χ2v) is 4.38. The quantitative estimate of drug-likeness (QED) is 0.682. The molecule has 0 aliphatic rings. The van der Waals surface area contributed by atoms with Crippen LogP contribution < -0.4 is 9.79 Å². The molecular formula is C8H17NdO4P2. The molecule has 1 atom stereocenters. The van der Waals surface area contributed by atoms with Crippen molar-refractivity contribution in [3.05, 3.63) is 0 Å². The van der Waals surface area contributed by atoms with Gasteiger partial charge in [0.15, 0.2) is 0 Å². The summed E-state index contributed by atoms with van der Waals surface area (Å²) in [4.78, 5) is 16.7. The molecule has 87 valence electrons. The van der Waals surface area contributed by atoms with Gasteiger partial charge in [-0.1, -0.05) is 0 Å². The van der Waals surface area contributed by atoms with Gasteiger partial charge in [0.1, 0.15) is 0 Å². The van der Waals surface area contributed by atoms with Crippen LogP contribution in [-0.2, 0) is 9.13 Å². The van der Waals surface area contributed by atoms with Crippen LogP contribution in [-0.4, -0.2) is 0 Å². The van der Waals surface area contributed by atoms with Gasteiger partial charge in [-0.2, -0.15) is 0 Å². The standard InChI is InChI=1S/C8H17.Nd.2HO2P/c1-4-6-7-8(3)5-2;;2*1-3-2/h8H,3-7H2,1-2H3;;2*(H,1,2)/q;+2;;/p-2. The first-order valence-electron chi connectivity index (χ1n) is 4.72. The second-order valence-electron chi connectivity index (χ2n) is 2.77. The maximum atomic E-state index is 8.35. The molecular weight excluding hydrogens is 366 g/mol. The molecule has 0 radical (unpaired) electrons. The van der Waals surface area contributed by atoms with Gasteiger partial charge in [-0.25, -0.2) is 0 Å². The van der Waals surface area contributed by atoms with Gasteiger partial charge >= 0.3 is 86.3 Å². The molecule has 0 amide bonds. The predicted octanol–water partition coefficient (Wildman–Crippen LogP) is 2.28. The predicted molar refractivity (Wildman–Crippen MR) is 53.3 cm³/mol. The van der Waals surface area contributed by atoms with Gasteiger partial charge in [-0.15, -0.1) is 0 Å². The molecule has 7 heteroatoms. The average Bonchev–Trinajstić information content (AvgIpc) is 2.22. The Morgan fingerprint density at radius 1 is 1.20 bits per heavy atom. The van der Waals surface area contributed by atoms with Crippen LogP contribution in [0.25, 0.3) is 0 Å². The third-order valence-electron chi connectivity index (χ3n) is 1.83. The maximum Gasteiger partial charge on any atom is 0.0642 e. The zero-order valence-electron chi connectivity index (χ0n) is 9.14. The van der Waals surface area contributed by atoms with Crippen LogP contribution in [0.15, 0.2) is 0 Å². The fourth-order valence-electron chi connectivity index (χ4n) is 0.943. The Morgan fingerprint density at radius 3 is 1.80 bits per heavy atom. The van der Waals surface area contributed by atoms with Gasteiger partial charge < -0.3 is 9.79 Å². The molecule has 0 saturated carbocycles. The molecule has 0 rings (SSSR count). The Labute approximate surface area is 121 Å². The van der Waals surface area contributed by atoms with Gasteiger partial charge in [-0.3, -0.25) is 9.13 Å². The maximum absolute atomic E-state index is 8.35. The number of rotatable bonds is 5. The fraction of sp³-hybridized carbons (Fsp3) is 1.00. The molecule has 0 bridgehead atoms. The van der Waals surface area contributed by atoms with Gasteiger partial charge in [0.25, 0.3) is 0 Å². The van der Waals surface area contributed by atoms with Crippen LogP contribution in [0.2, 0.25) is 2.07 Å². The monoisotopic (exact) mass is 381 g/mol. The molecule has 15 heavy (non-hydrogen) atoms. The van der Waals surface area contributed by atoms with Crippen molar-refractivity contribution in [2.24, 2.45) is 5.92 Å². The first-order valence-corrected chi connectivity index (χ1v) is 8.45. The van der Waals surface area contributed by atoms with Crippen molar-refractivity contribution in [3.8, 4) is 0 Å². The van der Waals surface area contributed by atoms with E-state index in [0.29, 0.717) is 0 Å². The molecule has 0 aromatic rings. The molecule has 0 N–H and O–H groups in total. The third-order valence-corrected chi connectivity index (χ3v) is 3.68. The minimum Gasteiger partial charge on any atom is -0.772 e. The van der Waals surface area contributed by atoms with E-state index in [1.807, 2.05) is 0 Å². The van der Waals surface area contributed by atoms with Crippen LogP contribution in [0.3, 0.4) is 0 Å². The Bertz CT molecular complexity index is 117. The molecule has 0 saturated heterocycles. The first-order chi connectivity index (χ1) is 7.17. The molecule has 0 heterocycles. The summed E-state index contributed by atoms with van der Waals surface area (Å²) in [5.74, 6) is 1.07. The third kappa shape index (κ3) is 31.3. The van der Waals surface area contributed by atoms with E-state index >= 15 is 0 Å². The summed E-state index contributed by atoms with van der Waals surface area (Å²) in [5, 5.41) is 0. The smallest absolute Gasteiger partial charge is 0.0642 e. The summed E-state index contributed by atoms with van der Waals surface area (Å²) in [6, 6.07) is 0. The number of hydrogen-bond acceptors (Lipinski definition) is 4. The molecule has 0 aromatic heterocycles. The van der Waals surface area contributed by atoms with E-state index in [4.69, 9.17) is 18.9 Å². The SMILES string of the molecule is CCCCC(CC)[CH2][Nd+2].O=P[O-].O=P[O-]. The minimum atomic E-state index is -1.08. The van der Waals surface area contributed by atoms with E-state index in [1.165, 1.54) is 66.5 Å². The zero-order valence-corrected chi connectivity index (χ0v) is 14.1. The van der Waals surface area contributed by atoms with E-state index in [0.717, 1.165) is 5.92 Å². The van der Waals surface area contributed by atoms with Crippen molar-refractivity contribution in [1.82, 2.24) is 0 Å². The van der Waals surface area contributed by atoms with Crippen molar-refractivity contribution >= 4 is 17.4 Å². The van der Waals surface area contributed by atoms with Gasteiger partial charge in [0, 0.05) is 0 Å². The van der Waals surface area contributed by atoms with Crippen molar-refractivity contribution < 1.29 is 57.7 Å². The summed E-state index contributed by atoms with van der Waals surface area (Å²) in [5.41, 5.74) is 0. The number of unbranched alkanes of at least 4 members (excludes halogenated alkanes) is 1. The summed E-state index contributed by atoms with van der Waals surface area (Å²) in [6.45, 7) is 4.60. The largest absolute Gasteiger partial charge is 0.772 e. The minimum absolute atomic E-state index is 1.07. The Balaban J connectivity index is -0.000000200. The average molecular weight is 383 g/mol. The van der Waals surface area contributed by atoms with Gasteiger partial charge in [0.05, 0.1) is 17.4 Å². The van der Waals surface area contributed by atoms with Crippen LogP contribution in [0.5, 0.6) is 0 Å². The Hall–Kier alpha value is 1.47. The topological polar surface area (TPSA) is 80.3 Å². The summed E-state index contributed by atoms with van der Waals surface area (Å²) in [7, 11) is -2.17. The zero-order chi connectivity index (χ0) is 12.5. The summed E-state index contributed by atoms with van der Waals surface area (Å²) < 4.78 is 18.2. The van der Waals surface area contributed by atoms with Crippen molar-refractivity contribution in [1.29, 1.82) is 0 Å². The molecule has 0 fully saturated rings. The van der Waals surface area contributed by atoms with Crippen molar-refractivity contribution in [2.75, 3.05) is 0 Å². The number of hydrogen-bond donors (Lipinski definition) is 0.